The largest absolute Gasteiger partial charge is 0.455 e. The molecule has 266 valence electrons. The average molecular weight is 727 g/mol. The van der Waals surface area contributed by atoms with Crippen molar-refractivity contribution in [3.63, 3.8) is 0 Å². The summed E-state index contributed by atoms with van der Waals surface area (Å²) in [4.78, 5) is 2.31. The SMILES string of the molecule is c1ccc(N(c2ccccc2)c2ccc(-n3c4ccccc4c4c5oc6ccccc6c5cc(-c5ccc6c7ccccc7c7ccccc7c6c5)c43)cc2)cc1. The third-order valence-electron chi connectivity index (χ3n) is 11.7. The molecule has 0 N–H and O–H groups in total. The van der Waals surface area contributed by atoms with Crippen molar-refractivity contribution in [2.45, 2.75) is 0 Å². The van der Waals surface area contributed by atoms with E-state index in [-0.39, 0.29) is 0 Å². The Hall–Kier alpha value is -7.62. The highest BCUT2D eigenvalue weighted by Crippen LogP contribution is 2.47. The minimum absolute atomic E-state index is 0.894. The molecule has 0 atom stereocenters. The highest BCUT2D eigenvalue weighted by Gasteiger charge is 2.24. The summed E-state index contributed by atoms with van der Waals surface area (Å²) in [7, 11) is 0. The van der Waals surface area contributed by atoms with Crippen LogP contribution in [0.3, 0.4) is 0 Å². The fraction of sp³-hybridized carbons (Fsp3) is 0. The fourth-order valence-electron chi connectivity index (χ4n) is 9.25. The van der Waals surface area contributed by atoms with Gasteiger partial charge in [-0.1, -0.05) is 133 Å². The van der Waals surface area contributed by atoms with Gasteiger partial charge in [-0.2, -0.15) is 0 Å². The number of benzene rings is 10. The van der Waals surface area contributed by atoms with Crippen molar-refractivity contribution in [2.24, 2.45) is 0 Å². The number of aromatic nitrogens is 1. The average Bonchev–Trinajstić information content (AvgIpc) is 3.83. The van der Waals surface area contributed by atoms with Crippen molar-refractivity contribution in [1.29, 1.82) is 0 Å². The van der Waals surface area contributed by atoms with Crippen molar-refractivity contribution in [3.8, 4) is 16.8 Å². The normalized spacial score (nSPS) is 11.9. The summed E-state index contributed by atoms with van der Waals surface area (Å²) in [5.41, 5.74) is 10.8. The van der Waals surface area contributed by atoms with Crippen LogP contribution in [-0.2, 0) is 0 Å². The van der Waals surface area contributed by atoms with E-state index >= 15 is 0 Å². The molecule has 0 saturated heterocycles. The highest BCUT2D eigenvalue weighted by atomic mass is 16.3. The molecule has 0 amide bonds. The van der Waals surface area contributed by atoms with E-state index in [0.29, 0.717) is 0 Å². The Bertz CT molecular complexity index is 3430. The summed E-state index contributed by atoms with van der Waals surface area (Å²) in [6.07, 6.45) is 0. The molecule has 10 aromatic carbocycles. The monoisotopic (exact) mass is 726 g/mol. The van der Waals surface area contributed by atoms with Crippen LogP contribution >= 0.6 is 0 Å². The van der Waals surface area contributed by atoms with Crippen molar-refractivity contribution >= 4 is 93.1 Å². The molecule has 0 saturated carbocycles. The molecule has 57 heavy (non-hydrogen) atoms. The lowest BCUT2D eigenvalue weighted by Gasteiger charge is -2.25. The van der Waals surface area contributed by atoms with E-state index in [0.717, 1.165) is 66.5 Å². The van der Waals surface area contributed by atoms with Crippen LogP contribution in [0.1, 0.15) is 0 Å². The second-order valence-electron chi connectivity index (χ2n) is 14.8. The number of fused-ring (bicyclic) bond motifs is 13. The molecule has 12 aromatic rings. The van der Waals surface area contributed by atoms with Gasteiger partial charge in [0.25, 0.3) is 0 Å². The molecule has 0 aliphatic carbocycles. The first-order valence-corrected chi connectivity index (χ1v) is 19.5. The quantitative estimate of drug-likeness (QED) is 0.165. The van der Waals surface area contributed by atoms with Crippen LogP contribution in [0.25, 0.3) is 92.9 Å². The molecule has 0 spiro atoms. The molecule has 0 aliphatic heterocycles. The van der Waals surface area contributed by atoms with Crippen LogP contribution in [0.2, 0.25) is 0 Å². The Labute approximate surface area is 328 Å². The zero-order chi connectivity index (χ0) is 37.5. The summed E-state index contributed by atoms with van der Waals surface area (Å²) in [5.74, 6) is 0. The Morgan fingerprint density at radius 2 is 0.877 bits per heavy atom. The summed E-state index contributed by atoms with van der Waals surface area (Å²) < 4.78 is 9.26. The lowest BCUT2D eigenvalue weighted by molar-refractivity contribution is 0.673. The van der Waals surface area contributed by atoms with Crippen LogP contribution in [0, 0.1) is 0 Å². The van der Waals surface area contributed by atoms with E-state index in [1.807, 2.05) is 0 Å². The molecule has 0 bridgehead atoms. The van der Waals surface area contributed by atoms with Gasteiger partial charge in [0.2, 0.25) is 0 Å². The third-order valence-corrected chi connectivity index (χ3v) is 11.7. The Morgan fingerprint density at radius 3 is 1.53 bits per heavy atom. The van der Waals surface area contributed by atoms with Crippen molar-refractivity contribution in [3.05, 3.63) is 206 Å². The number of anilines is 3. The van der Waals surface area contributed by atoms with Gasteiger partial charge in [-0.25, -0.2) is 0 Å². The number of nitrogens with zero attached hydrogens (tertiary/aromatic N) is 2. The van der Waals surface area contributed by atoms with Gasteiger partial charge in [0.1, 0.15) is 11.2 Å². The van der Waals surface area contributed by atoms with E-state index < -0.39 is 0 Å². The fourth-order valence-corrected chi connectivity index (χ4v) is 9.25. The van der Waals surface area contributed by atoms with Gasteiger partial charge in [0.15, 0.2) is 0 Å². The first-order valence-electron chi connectivity index (χ1n) is 19.5. The maximum atomic E-state index is 6.82. The molecule has 2 aromatic heterocycles. The minimum Gasteiger partial charge on any atom is -0.455 e. The first kappa shape index (κ1) is 31.7. The lowest BCUT2D eigenvalue weighted by atomic mass is 9.91. The molecular weight excluding hydrogens is 693 g/mol. The molecule has 0 unspecified atom stereocenters. The summed E-state index contributed by atoms with van der Waals surface area (Å²) in [5, 5.41) is 12.1. The van der Waals surface area contributed by atoms with Gasteiger partial charge in [0, 0.05) is 44.5 Å². The minimum atomic E-state index is 0.894. The summed E-state index contributed by atoms with van der Waals surface area (Å²) >= 11 is 0. The summed E-state index contributed by atoms with van der Waals surface area (Å²) in [6, 6.07) is 74.3. The molecule has 0 fully saturated rings. The molecule has 3 heteroatoms. The van der Waals surface area contributed by atoms with Gasteiger partial charge in [-0.05, 0) is 111 Å². The zero-order valence-corrected chi connectivity index (χ0v) is 30.9. The molecule has 0 radical (unpaired) electrons. The van der Waals surface area contributed by atoms with Crippen molar-refractivity contribution < 1.29 is 4.42 Å². The second kappa shape index (κ2) is 12.5. The Balaban J connectivity index is 1.16. The van der Waals surface area contributed by atoms with E-state index in [9.17, 15) is 0 Å². The van der Waals surface area contributed by atoms with E-state index in [2.05, 4.69) is 216 Å². The molecule has 12 rings (SSSR count). The first-order chi connectivity index (χ1) is 28.3. The van der Waals surface area contributed by atoms with Gasteiger partial charge >= 0.3 is 0 Å². The van der Waals surface area contributed by atoms with Crippen LogP contribution in [0.15, 0.2) is 211 Å². The molecular formula is C54H34N2O. The van der Waals surface area contributed by atoms with E-state index in [4.69, 9.17) is 4.42 Å². The predicted molar refractivity (Wildman–Crippen MR) is 241 cm³/mol. The van der Waals surface area contributed by atoms with Gasteiger partial charge < -0.3 is 13.9 Å². The number of hydrogen-bond donors (Lipinski definition) is 0. The summed E-state index contributed by atoms with van der Waals surface area (Å²) in [6.45, 7) is 0. The van der Waals surface area contributed by atoms with Crippen molar-refractivity contribution in [2.75, 3.05) is 4.90 Å². The van der Waals surface area contributed by atoms with Crippen LogP contribution in [0.5, 0.6) is 0 Å². The highest BCUT2D eigenvalue weighted by molar-refractivity contribution is 6.29. The number of furan rings is 1. The maximum Gasteiger partial charge on any atom is 0.145 e. The Morgan fingerprint density at radius 1 is 0.368 bits per heavy atom. The maximum absolute atomic E-state index is 6.82. The van der Waals surface area contributed by atoms with Crippen molar-refractivity contribution in [1.82, 2.24) is 4.57 Å². The zero-order valence-electron chi connectivity index (χ0n) is 30.9. The molecule has 2 heterocycles. The van der Waals surface area contributed by atoms with E-state index in [1.54, 1.807) is 0 Å². The standard InChI is InChI=1S/C54H34N2O/c1-3-15-36(16-4-1)55(37-17-5-2-6-18-37)38-28-30-39(31-29-38)56-50-25-13-11-24-46(50)52-53(56)47(34-49-45-23-12-14-26-51(45)57-54(49)52)35-27-32-44-42-21-8-7-19-40(42)41-20-9-10-22-43(41)48(44)33-35/h1-34H. The lowest BCUT2D eigenvalue weighted by Crippen LogP contribution is -2.09. The third kappa shape index (κ3) is 4.79. The number of rotatable bonds is 5. The van der Waals surface area contributed by atoms with Gasteiger partial charge in [0.05, 0.1) is 16.4 Å². The van der Waals surface area contributed by atoms with Crippen LogP contribution in [0.4, 0.5) is 17.1 Å². The predicted octanol–water partition coefficient (Wildman–Crippen LogP) is 15.3. The number of hydrogen-bond acceptors (Lipinski definition) is 2. The smallest absolute Gasteiger partial charge is 0.145 e. The van der Waals surface area contributed by atoms with Gasteiger partial charge in [-0.3, -0.25) is 0 Å². The van der Waals surface area contributed by atoms with Gasteiger partial charge in [-0.15, -0.1) is 0 Å². The molecule has 0 aliphatic rings. The molecule has 3 nitrogen and oxygen atoms in total. The topological polar surface area (TPSA) is 21.3 Å². The van der Waals surface area contributed by atoms with Crippen LogP contribution in [-0.4, -0.2) is 4.57 Å². The second-order valence-corrected chi connectivity index (χ2v) is 14.8. The van der Waals surface area contributed by atoms with Crippen LogP contribution < -0.4 is 4.90 Å². The Kier molecular flexibility index (Phi) is 6.93. The van der Waals surface area contributed by atoms with E-state index in [1.165, 1.54) is 43.4 Å². The number of para-hydroxylation sites is 4.